The molecule has 1 heterocycles. The maximum Gasteiger partial charge on any atom is 0.0307 e. The lowest BCUT2D eigenvalue weighted by atomic mass is 9.84. The summed E-state index contributed by atoms with van der Waals surface area (Å²) < 4.78 is 0. The zero-order chi connectivity index (χ0) is 13.9. The Morgan fingerprint density at radius 1 is 1.26 bits per heavy atom. The average molecular weight is 260 g/mol. The molecule has 1 aromatic carbocycles. The number of piperidine rings is 1. The summed E-state index contributed by atoms with van der Waals surface area (Å²) >= 11 is 0. The van der Waals surface area contributed by atoms with Gasteiger partial charge in [-0.3, -0.25) is 0 Å². The van der Waals surface area contributed by atoms with E-state index in [1.165, 1.54) is 37.1 Å². The van der Waals surface area contributed by atoms with E-state index in [4.69, 9.17) is 5.73 Å². The van der Waals surface area contributed by atoms with Gasteiger partial charge in [0.25, 0.3) is 0 Å². The van der Waals surface area contributed by atoms with E-state index in [0.29, 0.717) is 5.41 Å². The van der Waals surface area contributed by atoms with Gasteiger partial charge in [0.2, 0.25) is 0 Å². The molecular weight excluding hydrogens is 232 g/mol. The van der Waals surface area contributed by atoms with Gasteiger partial charge in [-0.1, -0.05) is 43.7 Å². The van der Waals surface area contributed by atoms with Gasteiger partial charge >= 0.3 is 0 Å². The summed E-state index contributed by atoms with van der Waals surface area (Å²) in [6.07, 6.45) is 3.74. The van der Waals surface area contributed by atoms with Gasteiger partial charge in [-0.2, -0.15) is 0 Å². The van der Waals surface area contributed by atoms with E-state index in [0.717, 1.165) is 13.0 Å². The Morgan fingerprint density at radius 2 is 1.95 bits per heavy atom. The van der Waals surface area contributed by atoms with Crippen molar-refractivity contribution in [1.82, 2.24) is 4.90 Å². The molecule has 106 valence electrons. The number of nitrogens with two attached hydrogens (primary N) is 1. The second-order valence-corrected chi connectivity index (χ2v) is 6.85. The van der Waals surface area contributed by atoms with Crippen LogP contribution in [0.5, 0.6) is 0 Å². The molecule has 0 aliphatic carbocycles. The molecule has 0 radical (unpaired) electrons. The fourth-order valence-electron chi connectivity index (χ4n) is 3.04. The van der Waals surface area contributed by atoms with Gasteiger partial charge in [-0.25, -0.2) is 0 Å². The fraction of sp³-hybridized carbons (Fsp3) is 0.647. The highest BCUT2D eigenvalue weighted by molar-refractivity contribution is 5.23. The molecule has 1 saturated heterocycles. The van der Waals surface area contributed by atoms with Crippen molar-refractivity contribution < 1.29 is 0 Å². The lowest BCUT2D eigenvalue weighted by Gasteiger charge is -2.38. The van der Waals surface area contributed by atoms with Crippen LogP contribution in [0.4, 0.5) is 0 Å². The van der Waals surface area contributed by atoms with Crippen molar-refractivity contribution in [3.05, 3.63) is 35.4 Å². The van der Waals surface area contributed by atoms with E-state index in [9.17, 15) is 0 Å². The van der Waals surface area contributed by atoms with E-state index in [1.54, 1.807) is 0 Å². The lowest BCUT2D eigenvalue weighted by molar-refractivity contribution is 0.115. The number of likely N-dealkylation sites (tertiary alicyclic amines) is 1. The van der Waals surface area contributed by atoms with E-state index >= 15 is 0 Å². The summed E-state index contributed by atoms with van der Waals surface area (Å²) in [5.74, 6) is 0. The van der Waals surface area contributed by atoms with Crippen molar-refractivity contribution in [1.29, 1.82) is 0 Å². The van der Waals surface area contributed by atoms with Gasteiger partial charge in [0.15, 0.2) is 0 Å². The van der Waals surface area contributed by atoms with Crippen LogP contribution in [0.15, 0.2) is 24.3 Å². The first-order valence-electron chi connectivity index (χ1n) is 7.51. The molecule has 2 N–H and O–H groups in total. The Balaban J connectivity index is 1.83. The Morgan fingerprint density at radius 3 is 2.58 bits per heavy atom. The zero-order valence-electron chi connectivity index (χ0n) is 12.7. The molecule has 0 bridgehead atoms. The number of rotatable bonds is 4. The largest absolute Gasteiger partial charge is 0.324 e. The Bertz CT molecular complexity index is 394. The van der Waals surface area contributed by atoms with Gasteiger partial charge in [-0.15, -0.1) is 0 Å². The average Bonchev–Trinajstić information content (AvgIpc) is 2.36. The lowest BCUT2D eigenvalue weighted by Crippen LogP contribution is -2.41. The minimum atomic E-state index is 0.172. The van der Waals surface area contributed by atoms with Crippen LogP contribution < -0.4 is 5.73 Å². The molecular formula is C17H28N2. The van der Waals surface area contributed by atoms with Gasteiger partial charge in [0.05, 0.1) is 0 Å². The third-order valence-electron chi connectivity index (χ3n) is 4.24. The second kappa shape index (κ2) is 6.06. The number of nitrogens with zero attached hydrogens (tertiary/aromatic N) is 1. The van der Waals surface area contributed by atoms with Crippen molar-refractivity contribution >= 4 is 0 Å². The maximum atomic E-state index is 6.30. The highest BCUT2D eigenvalue weighted by Gasteiger charge is 2.26. The number of aryl methyl sites for hydroxylation is 1. The van der Waals surface area contributed by atoms with Crippen LogP contribution in [-0.2, 0) is 0 Å². The first-order valence-corrected chi connectivity index (χ1v) is 7.51. The quantitative estimate of drug-likeness (QED) is 0.897. The normalized spacial score (nSPS) is 21.3. The monoisotopic (exact) mass is 260 g/mol. The first-order chi connectivity index (χ1) is 8.96. The molecule has 1 aliphatic rings. The van der Waals surface area contributed by atoms with Crippen LogP contribution in [0.25, 0.3) is 0 Å². The zero-order valence-corrected chi connectivity index (χ0v) is 12.7. The molecule has 0 amide bonds. The minimum absolute atomic E-state index is 0.172. The van der Waals surface area contributed by atoms with Crippen molar-refractivity contribution in [2.24, 2.45) is 11.1 Å². The summed E-state index contributed by atoms with van der Waals surface area (Å²) in [5.41, 5.74) is 9.35. The molecule has 2 nitrogen and oxygen atoms in total. The van der Waals surface area contributed by atoms with Crippen LogP contribution in [-0.4, -0.2) is 24.5 Å². The number of hydrogen-bond donors (Lipinski definition) is 1. The smallest absolute Gasteiger partial charge is 0.0307 e. The molecule has 2 heteroatoms. The van der Waals surface area contributed by atoms with Gasteiger partial charge in [0, 0.05) is 12.6 Å². The van der Waals surface area contributed by atoms with E-state index < -0.39 is 0 Å². The molecule has 1 aromatic rings. The predicted molar refractivity (Wildman–Crippen MR) is 82.2 cm³/mol. The summed E-state index contributed by atoms with van der Waals surface area (Å²) in [5, 5.41) is 0. The molecule has 2 rings (SSSR count). The third kappa shape index (κ3) is 4.32. The molecule has 0 spiro atoms. The topological polar surface area (TPSA) is 29.3 Å². The molecule has 1 aliphatic heterocycles. The molecule has 1 fully saturated rings. The van der Waals surface area contributed by atoms with Crippen LogP contribution in [0, 0.1) is 12.3 Å². The predicted octanol–water partition coefficient (Wildman–Crippen LogP) is 3.51. The van der Waals surface area contributed by atoms with E-state index in [2.05, 4.69) is 49.9 Å². The minimum Gasteiger partial charge on any atom is -0.324 e. The Labute approximate surface area is 118 Å². The second-order valence-electron chi connectivity index (χ2n) is 6.85. The molecule has 0 aromatic heterocycles. The summed E-state index contributed by atoms with van der Waals surface area (Å²) in [6, 6.07) is 8.81. The first kappa shape index (κ1) is 14.5. The van der Waals surface area contributed by atoms with E-state index in [-0.39, 0.29) is 6.04 Å². The summed E-state index contributed by atoms with van der Waals surface area (Å²) in [6.45, 7) is 10.4. The fourth-order valence-corrected chi connectivity index (χ4v) is 3.04. The van der Waals surface area contributed by atoms with Crippen LogP contribution >= 0.6 is 0 Å². The van der Waals surface area contributed by atoms with Gasteiger partial charge in [0.1, 0.15) is 0 Å². The van der Waals surface area contributed by atoms with Crippen molar-refractivity contribution in [3.8, 4) is 0 Å². The van der Waals surface area contributed by atoms with Crippen LogP contribution in [0.3, 0.4) is 0 Å². The van der Waals surface area contributed by atoms with Crippen molar-refractivity contribution in [3.63, 3.8) is 0 Å². The SMILES string of the molecule is Cc1ccc(C(N)CCN2CCCC(C)(C)C2)cc1. The van der Waals surface area contributed by atoms with Gasteiger partial charge in [-0.05, 0) is 50.3 Å². The Hall–Kier alpha value is -0.860. The third-order valence-corrected chi connectivity index (χ3v) is 4.24. The standard InChI is InChI=1S/C17H28N2/c1-14-5-7-15(8-6-14)16(18)9-12-19-11-4-10-17(2,3)13-19/h5-8,16H,4,9-13,18H2,1-3H3. The molecule has 1 atom stereocenters. The highest BCUT2D eigenvalue weighted by atomic mass is 15.1. The molecule has 0 saturated carbocycles. The van der Waals surface area contributed by atoms with Gasteiger partial charge < -0.3 is 10.6 Å². The number of benzene rings is 1. The van der Waals surface area contributed by atoms with Crippen LogP contribution in [0.1, 0.15) is 50.3 Å². The number of hydrogen-bond acceptors (Lipinski definition) is 2. The van der Waals surface area contributed by atoms with Crippen LogP contribution in [0.2, 0.25) is 0 Å². The van der Waals surface area contributed by atoms with Crippen molar-refractivity contribution in [2.75, 3.05) is 19.6 Å². The summed E-state index contributed by atoms with van der Waals surface area (Å²) in [7, 11) is 0. The highest BCUT2D eigenvalue weighted by Crippen LogP contribution is 2.28. The molecule has 19 heavy (non-hydrogen) atoms. The Kier molecular flexibility index (Phi) is 4.64. The summed E-state index contributed by atoms with van der Waals surface area (Å²) in [4.78, 5) is 2.58. The van der Waals surface area contributed by atoms with E-state index in [1.807, 2.05) is 0 Å². The van der Waals surface area contributed by atoms with Crippen molar-refractivity contribution in [2.45, 2.75) is 46.1 Å². The molecule has 1 unspecified atom stereocenters. The maximum absolute atomic E-state index is 6.30.